The minimum Gasteiger partial charge on any atom is -0.256 e. The summed E-state index contributed by atoms with van der Waals surface area (Å²) in [7, 11) is 0. The predicted octanol–water partition coefficient (Wildman–Crippen LogP) is 5.05. The smallest absolute Gasteiger partial charge is 0.159 e. The van der Waals surface area contributed by atoms with Gasteiger partial charge in [-0.1, -0.05) is 42.5 Å². The zero-order chi connectivity index (χ0) is 16.2. The number of hydrogen-bond acceptors (Lipinski definition) is 3. The van der Waals surface area contributed by atoms with Crippen LogP contribution in [0.2, 0.25) is 0 Å². The van der Waals surface area contributed by atoms with E-state index in [1.54, 1.807) is 6.20 Å². The van der Waals surface area contributed by atoms with Crippen molar-refractivity contribution in [1.29, 1.82) is 0 Å². The van der Waals surface area contributed by atoms with E-state index in [0.717, 1.165) is 33.5 Å². The molecule has 4 aromatic rings. The summed E-state index contributed by atoms with van der Waals surface area (Å²) in [6, 6.07) is 26.1. The van der Waals surface area contributed by atoms with Crippen LogP contribution in [-0.4, -0.2) is 16.2 Å². The molecule has 0 fully saturated rings. The molecule has 0 aliphatic carbocycles. The van der Waals surface area contributed by atoms with E-state index in [0.29, 0.717) is 0 Å². The van der Waals surface area contributed by atoms with Crippen molar-refractivity contribution in [3.05, 3.63) is 90.6 Å². The lowest BCUT2D eigenvalue weighted by molar-refractivity contribution is 1.29. The summed E-state index contributed by atoms with van der Waals surface area (Å²) in [5.41, 5.74) is 4.74. The maximum absolute atomic E-state index is 4.62. The fourth-order valence-electron chi connectivity index (χ4n) is 2.52. The zero-order valence-electron chi connectivity index (χ0n) is 13.0. The Balaban J connectivity index is 1.59. The van der Waals surface area contributed by atoms with Crippen molar-refractivity contribution >= 4 is 22.9 Å². The van der Waals surface area contributed by atoms with Gasteiger partial charge in [-0.3, -0.25) is 4.99 Å². The fraction of sp³-hybridized carbons (Fsp3) is 0. The van der Waals surface area contributed by atoms with Crippen molar-refractivity contribution in [2.75, 3.05) is 0 Å². The summed E-state index contributed by atoms with van der Waals surface area (Å²) in [4.78, 5) is 13.4. The minimum atomic E-state index is 0.765. The van der Waals surface area contributed by atoms with Crippen LogP contribution in [0.1, 0.15) is 5.56 Å². The Labute approximate surface area is 140 Å². The number of nitrogens with zero attached hydrogens (tertiary/aromatic N) is 3. The molecule has 2 aromatic heterocycles. The number of benzene rings is 2. The summed E-state index contributed by atoms with van der Waals surface area (Å²) >= 11 is 0. The molecule has 0 saturated carbocycles. The van der Waals surface area contributed by atoms with Gasteiger partial charge in [0.05, 0.1) is 11.4 Å². The fourth-order valence-corrected chi connectivity index (χ4v) is 2.52. The molecule has 0 radical (unpaired) electrons. The third-order valence-corrected chi connectivity index (χ3v) is 3.79. The van der Waals surface area contributed by atoms with Crippen LogP contribution < -0.4 is 0 Å². The Hall–Kier alpha value is -3.33. The lowest BCUT2D eigenvalue weighted by atomic mass is 10.1. The molecule has 0 atom stereocenters. The number of rotatable bonds is 3. The molecule has 0 aliphatic heterocycles. The van der Waals surface area contributed by atoms with Crippen molar-refractivity contribution in [1.82, 2.24) is 9.97 Å². The topological polar surface area (TPSA) is 38.1 Å². The third kappa shape index (κ3) is 3.06. The van der Waals surface area contributed by atoms with Crippen molar-refractivity contribution in [3.63, 3.8) is 0 Å². The Morgan fingerprint density at radius 1 is 0.750 bits per heavy atom. The zero-order valence-corrected chi connectivity index (χ0v) is 13.0. The van der Waals surface area contributed by atoms with Crippen LogP contribution in [0.4, 0.5) is 5.69 Å². The third-order valence-electron chi connectivity index (χ3n) is 3.79. The second-order valence-corrected chi connectivity index (χ2v) is 5.46. The number of aliphatic imine (C=N–C) groups is 1. The summed E-state index contributed by atoms with van der Waals surface area (Å²) in [6.45, 7) is 0. The van der Waals surface area contributed by atoms with Gasteiger partial charge in [0.2, 0.25) is 0 Å². The molecule has 0 unspecified atom stereocenters. The highest BCUT2D eigenvalue weighted by Gasteiger charge is 2.02. The lowest BCUT2D eigenvalue weighted by Crippen LogP contribution is -1.87. The van der Waals surface area contributed by atoms with E-state index in [2.05, 4.69) is 15.0 Å². The van der Waals surface area contributed by atoms with Crippen molar-refractivity contribution in [2.24, 2.45) is 4.99 Å². The first kappa shape index (κ1) is 14.3. The van der Waals surface area contributed by atoms with Crippen LogP contribution in [0.3, 0.4) is 0 Å². The van der Waals surface area contributed by atoms with Gasteiger partial charge < -0.3 is 0 Å². The molecule has 0 aliphatic rings. The first-order valence-electron chi connectivity index (χ1n) is 7.80. The van der Waals surface area contributed by atoms with Gasteiger partial charge in [0, 0.05) is 23.4 Å². The van der Waals surface area contributed by atoms with Crippen LogP contribution in [0.5, 0.6) is 0 Å². The van der Waals surface area contributed by atoms with E-state index >= 15 is 0 Å². The molecule has 0 saturated heterocycles. The SMILES string of the molecule is C(=Nc1ccc(-c2ccc3cccnc3n2)cc1)c1ccccc1. The molecular formula is C21H15N3. The number of aromatic nitrogens is 2. The molecule has 4 rings (SSSR count). The summed E-state index contributed by atoms with van der Waals surface area (Å²) in [6.07, 6.45) is 3.63. The summed E-state index contributed by atoms with van der Waals surface area (Å²) in [5, 5.41) is 1.05. The Bertz CT molecular complexity index is 990. The van der Waals surface area contributed by atoms with Gasteiger partial charge in [-0.05, 0) is 42.0 Å². The molecule has 0 N–H and O–H groups in total. The molecule has 3 nitrogen and oxygen atoms in total. The van der Waals surface area contributed by atoms with E-state index in [4.69, 9.17) is 0 Å². The van der Waals surface area contributed by atoms with Gasteiger partial charge in [0.1, 0.15) is 0 Å². The van der Waals surface area contributed by atoms with Gasteiger partial charge >= 0.3 is 0 Å². The second kappa shape index (κ2) is 6.42. The van der Waals surface area contributed by atoms with Crippen molar-refractivity contribution in [3.8, 4) is 11.3 Å². The van der Waals surface area contributed by atoms with Gasteiger partial charge in [0.25, 0.3) is 0 Å². The Morgan fingerprint density at radius 2 is 1.58 bits per heavy atom. The summed E-state index contributed by atoms with van der Waals surface area (Å²) in [5.74, 6) is 0. The first-order chi connectivity index (χ1) is 11.9. The highest BCUT2D eigenvalue weighted by Crippen LogP contribution is 2.22. The first-order valence-corrected chi connectivity index (χ1v) is 7.80. The molecule has 3 heteroatoms. The number of pyridine rings is 2. The quantitative estimate of drug-likeness (QED) is 0.497. The molecule has 0 amide bonds. The van der Waals surface area contributed by atoms with Crippen molar-refractivity contribution < 1.29 is 0 Å². The average molecular weight is 309 g/mol. The van der Waals surface area contributed by atoms with Crippen LogP contribution >= 0.6 is 0 Å². The van der Waals surface area contributed by atoms with Crippen molar-refractivity contribution in [2.45, 2.75) is 0 Å². The van der Waals surface area contributed by atoms with E-state index in [1.807, 2.05) is 85.1 Å². The molecule has 0 bridgehead atoms. The van der Waals surface area contributed by atoms with Gasteiger partial charge in [0.15, 0.2) is 5.65 Å². The largest absolute Gasteiger partial charge is 0.256 e. The molecule has 0 spiro atoms. The summed E-state index contributed by atoms with van der Waals surface area (Å²) < 4.78 is 0. The average Bonchev–Trinajstić information content (AvgIpc) is 2.67. The number of hydrogen-bond donors (Lipinski definition) is 0. The van der Waals surface area contributed by atoms with Gasteiger partial charge in [-0.2, -0.15) is 0 Å². The van der Waals surface area contributed by atoms with E-state index in [1.165, 1.54) is 0 Å². The molecule has 24 heavy (non-hydrogen) atoms. The normalized spacial score (nSPS) is 11.2. The molecular weight excluding hydrogens is 294 g/mol. The maximum atomic E-state index is 4.62. The van der Waals surface area contributed by atoms with Crippen LogP contribution in [-0.2, 0) is 0 Å². The van der Waals surface area contributed by atoms with E-state index < -0.39 is 0 Å². The second-order valence-electron chi connectivity index (χ2n) is 5.46. The molecule has 2 aromatic carbocycles. The van der Waals surface area contributed by atoms with Crippen LogP contribution in [0.15, 0.2) is 90.1 Å². The van der Waals surface area contributed by atoms with E-state index in [9.17, 15) is 0 Å². The highest BCUT2D eigenvalue weighted by atomic mass is 14.8. The lowest BCUT2D eigenvalue weighted by Gasteiger charge is -2.03. The maximum Gasteiger partial charge on any atom is 0.159 e. The Kier molecular flexibility index (Phi) is 3.82. The number of fused-ring (bicyclic) bond motifs is 1. The highest BCUT2D eigenvalue weighted by molar-refractivity contribution is 5.82. The minimum absolute atomic E-state index is 0.765. The monoisotopic (exact) mass is 309 g/mol. The van der Waals surface area contributed by atoms with Crippen LogP contribution in [0.25, 0.3) is 22.3 Å². The van der Waals surface area contributed by atoms with Gasteiger partial charge in [-0.25, -0.2) is 9.97 Å². The van der Waals surface area contributed by atoms with E-state index in [-0.39, 0.29) is 0 Å². The van der Waals surface area contributed by atoms with Crippen LogP contribution in [0, 0.1) is 0 Å². The molecule has 114 valence electrons. The van der Waals surface area contributed by atoms with Gasteiger partial charge in [-0.15, -0.1) is 0 Å². The standard InChI is InChI=1S/C21H15N3/c1-2-5-16(6-3-1)15-23-19-11-8-17(9-12-19)20-13-10-18-7-4-14-22-21(18)24-20/h1-15H. The molecule has 2 heterocycles. The Morgan fingerprint density at radius 3 is 2.42 bits per heavy atom. The predicted molar refractivity (Wildman–Crippen MR) is 98.7 cm³/mol.